The van der Waals surface area contributed by atoms with Gasteiger partial charge in [-0.2, -0.15) is 0 Å². The van der Waals surface area contributed by atoms with Crippen LogP contribution in [0.5, 0.6) is 0 Å². The maximum absolute atomic E-state index is 5.49. The van der Waals surface area contributed by atoms with E-state index in [0.717, 1.165) is 51.7 Å². The van der Waals surface area contributed by atoms with Gasteiger partial charge in [0, 0.05) is 0 Å². The first-order valence-electron chi connectivity index (χ1n) is 4.79. The summed E-state index contributed by atoms with van der Waals surface area (Å²) in [5, 5.41) is 0. The van der Waals surface area contributed by atoms with Crippen LogP contribution in [0.15, 0.2) is 0 Å². The number of nitrogens with two attached hydrogens (primary N) is 3. The Morgan fingerprint density at radius 3 is 1.50 bits per heavy atom. The van der Waals surface area contributed by atoms with Crippen molar-refractivity contribution >= 4 is 0 Å². The van der Waals surface area contributed by atoms with Gasteiger partial charge in [0.25, 0.3) is 0 Å². The molecule has 73 valence electrons. The van der Waals surface area contributed by atoms with E-state index in [1.165, 1.54) is 5.92 Å². The lowest BCUT2D eigenvalue weighted by Gasteiger charge is -2.13. The molecule has 0 spiro atoms. The van der Waals surface area contributed by atoms with Crippen LogP contribution >= 0.6 is 0 Å². The zero-order valence-corrected chi connectivity index (χ0v) is 7.89. The normalized spacial score (nSPS) is 11.0. The maximum atomic E-state index is 5.49. The molecule has 0 bridgehead atoms. The average Bonchev–Trinajstić information content (AvgIpc) is 2.10. The van der Waals surface area contributed by atoms with E-state index >= 15 is 0 Å². The third-order valence-electron chi connectivity index (χ3n) is 1.97. The largest absolute Gasteiger partial charge is 0.330 e. The van der Waals surface area contributed by atoms with Gasteiger partial charge in [-0.1, -0.05) is 0 Å². The SMILES string of the molecule is NCCC[C](CCN)CCCN. The molecule has 0 atom stereocenters. The molecule has 0 aromatic rings. The van der Waals surface area contributed by atoms with Crippen LogP contribution in [0, 0.1) is 5.92 Å². The Morgan fingerprint density at radius 2 is 1.17 bits per heavy atom. The first kappa shape index (κ1) is 11.9. The van der Waals surface area contributed by atoms with Crippen molar-refractivity contribution in [1.29, 1.82) is 0 Å². The fourth-order valence-corrected chi connectivity index (χ4v) is 1.28. The summed E-state index contributed by atoms with van der Waals surface area (Å²) < 4.78 is 0. The molecular weight excluding hydrogens is 150 g/mol. The van der Waals surface area contributed by atoms with Crippen molar-refractivity contribution in [2.24, 2.45) is 17.2 Å². The lowest BCUT2D eigenvalue weighted by Crippen LogP contribution is -2.11. The van der Waals surface area contributed by atoms with Crippen molar-refractivity contribution in [3.05, 3.63) is 5.92 Å². The summed E-state index contributed by atoms with van der Waals surface area (Å²) in [6.07, 6.45) is 5.47. The highest BCUT2D eigenvalue weighted by Crippen LogP contribution is 2.18. The van der Waals surface area contributed by atoms with Crippen LogP contribution in [-0.4, -0.2) is 19.6 Å². The van der Waals surface area contributed by atoms with Crippen LogP contribution in [0.3, 0.4) is 0 Å². The quantitative estimate of drug-likeness (QED) is 0.495. The smallest absolute Gasteiger partial charge is 0.00718 e. The highest BCUT2D eigenvalue weighted by Gasteiger charge is 2.06. The molecule has 12 heavy (non-hydrogen) atoms. The van der Waals surface area contributed by atoms with Gasteiger partial charge in [-0.15, -0.1) is 0 Å². The Labute approximate surface area is 75.7 Å². The van der Waals surface area contributed by atoms with Crippen molar-refractivity contribution in [3.63, 3.8) is 0 Å². The maximum Gasteiger partial charge on any atom is -0.00718 e. The minimum absolute atomic E-state index is 0.754. The third-order valence-corrected chi connectivity index (χ3v) is 1.97. The predicted octanol–water partition coefficient (Wildman–Crippen LogP) is 0.387. The molecule has 0 aromatic carbocycles. The summed E-state index contributed by atoms with van der Waals surface area (Å²) in [6, 6.07) is 0. The summed E-state index contributed by atoms with van der Waals surface area (Å²) >= 11 is 0. The molecule has 0 aliphatic heterocycles. The molecule has 0 saturated carbocycles. The molecular formula is C9H22N3. The Morgan fingerprint density at radius 1 is 0.667 bits per heavy atom. The second kappa shape index (κ2) is 8.97. The molecule has 3 heteroatoms. The fraction of sp³-hybridized carbons (Fsp3) is 0.889. The summed E-state index contributed by atoms with van der Waals surface area (Å²) in [5.41, 5.74) is 16.4. The summed E-state index contributed by atoms with van der Waals surface area (Å²) in [7, 11) is 0. The molecule has 0 aromatic heterocycles. The van der Waals surface area contributed by atoms with Crippen LogP contribution in [0.2, 0.25) is 0 Å². The van der Waals surface area contributed by atoms with Crippen molar-refractivity contribution in [3.8, 4) is 0 Å². The molecule has 0 fully saturated rings. The van der Waals surface area contributed by atoms with Crippen molar-refractivity contribution in [2.75, 3.05) is 19.6 Å². The highest BCUT2D eigenvalue weighted by atomic mass is 14.5. The summed E-state index contributed by atoms with van der Waals surface area (Å²) in [4.78, 5) is 0. The molecule has 0 unspecified atom stereocenters. The van der Waals surface area contributed by atoms with E-state index < -0.39 is 0 Å². The predicted molar refractivity (Wildman–Crippen MR) is 53.5 cm³/mol. The molecule has 0 saturated heterocycles. The van der Waals surface area contributed by atoms with Crippen molar-refractivity contribution in [2.45, 2.75) is 32.1 Å². The first-order chi connectivity index (χ1) is 5.85. The van der Waals surface area contributed by atoms with Crippen LogP contribution in [0.1, 0.15) is 32.1 Å². The Hall–Kier alpha value is -0.120. The van der Waals surface area contributed by atoms with E-state index in [0.29, 0.717) is 0 Å². The highest BCUT2D eigenvalue weighted by molar-refractivity contribution is 4.89. The van der Waals surface area contributed by atoms with E-state index in [-0.39, 0.29) is 0 Å². The molecule has 1 radical (unpaired) electrons. The molecule has 0 heterocycles. The van der Waals surface area contributed by atoms with Gasteiger partial charge in [0.05, 0.1) is 0 Å². The fourth-order valence-electron chi connectivity index (χ4n) is 1.28. The second-order valence-electron chi connectivity index (χ2n) is 3.07. The van der Waals surface area contributed by atoms with E-state index in [2.05, 4.69) is 0 Å². The Balaban J connectivity index is 3.40. The lowest BCUT2D eigenvalue weighted by molar-refractivity contribution is 0.609. The van der Waals surface area contributed by atoms with Crippen LogP contribution in [-0.2, 0) is 0 Å². The number of hydrogen-bond acceptors (Lipinski definition) is 3. The third kappa shape index (κ3) is 6.58. The lowest BCUT2D eigenvalue weighted by atomic mass is 9.94. The zero-order chi connectivity index (χ0) is 9.23. The second-order valence-corrected chi connectivity index (χ2v) is 3.07. The minimum Gasteiger partial charge on any atom is -0.330 e. The molecule has 0 amide bonds. The van der Waals surface area contributed by atoms with E-state index in [9.17, 15) is 0 Å². The van der Waals surface area contributed by atoms with Gasteiger partial charge in [0.2, 0.25) is 0 Å². The van der Waals surface area contributed by atoms with Crippen LogP contribution in [0.4, 0.5) is 0 Å². The molecule has 6 N–H and O–H groups in total. The topological polar surface area (TPSA) is 78.1 Å². The van der Waals surface area contributed by atoms with Gasteiger partial charge in [0.15, 0.2) is 0 Å². The van der Waals surface area contributed by atoms with Crippen LogP contribution < -0.4 is 17.2 Å². The van der Waals surface area contributed by atoms with Gasteiger partial charge in [-0.05, 0) is 57.7 Å². The number of rotatable bonds is 8. The van der Waals surface area contributed by atoms with Gasteiger partial charge in [0.1, 0.15) is 0 Å². The van der Waals surface area contributed by atoms with Crippen molar-refractivity contribution < 1.29 is 0 Å². The minimum atomic E-state index is 0.754. The van der Waals surface area contributed by atoms with E-state index in [1.807, 2.05) is 0 Å². The van der Waals surface area contributed by atoms with Gasteiger partial charge in [-0.25, -0.2) is 0 Å². The van der Waals surface area contributed by atoms with E-state index in [4.69, 9.17) is 17.2 Å². The van der Waals surface area contributed by atoms with Gasteiger partial charge < -0.3 is 17.2 Å². The summed E-state index contributed by atoms with van der Waals surface area (Å²) in [5.74, 6) is 1.54. The van der Waals surface area contributed by atoms with Gasteiger partial charge in [-0.3, -0.25) is 0 Å². The summed E-state index contributed by atoms with van der Waals surface area (Å²) in [6.45, 7) is 2.30. The average molecular weight is 172 g/mol. The van der Waals surface area contributed by atoms with E-state index in [1.54, 1.807) is 0 Å². The first-order valence-corrected chi connectivity index (χ1v) is 4.79. The molecule has 0 aliphatic carbocycles. The van der Waals surface area contributed by atoms with Crippen molar-refractivity contribution in [1.82, 2.24) is 0 Å². The van der Waals surface area contributed by atoms with Crippen LogP contribution in [0.25, 0.3) is 0 Å². The Kier molecular flexibility index (Phi) is 8.88. The molecule has 3 nitrogen and oxygen atoms in total. The Bertz CT molecular complexity index is 77.8. The standard InChI is InChI=1S/C9H22N3/c10-6-1-3-9(5-8-12)4-2-7-11/h1-8,10-12H2. The molecule has 0 rings (SSSR count). The molecule has 0 aliphatic rings. The number of hydrogen-bond donors (Lipinski definition) is 3. The monoisotopic (exact) mass is 172 g/mol. The van der Waals surface area contributed by atoms with Gasteiger partial charge >= 0.3 is 0 Å². The zero-order valence-electron chi connectivity index (χ0n) is 7.89.